The van der Waals surface area contributed by atoms with Crippen molar-refractivity contribution in [2.45, 2.75) is 6.61 Å². The second-order valence-electron chi connectivity index (χ2n) is 4.74. The van der Waals surface area contributed by atoms with Crippen molar-refractivity contribution in [3.8, 4) is 11.8 Å². The number of amides is 1. The van der Waals surface area contributed by atoms with Crippen LogP contribution in [0.1, 0.15) is 11.1 Å². The Kier molecular flexibility index (Phi) is 4.50. The molecule has 6 nitrogen and oxygen atoms in total. The maximum Gasteiger partial charge on any atom is 0.408 e. The molecule has 3 rings (SSSR count). The van der Waals surface area contributed by atoms with E-state index in [0.29, 0.717) is 0 Å². The van der Waals surface area contributed by atoms with Gasteiger partial charge < -0.3 is 10.1 Å². The van der Waals surface area contributed by atoms with Crippen LogP contribution < -0.4 is 5.32 Å². The van der Waals surface area contributed by atoms with Gasteiger partial charge in [0.25, 0.3) is 0 Å². The fourth-order valence-electron chi connectivity index (χ4n) is 1.94. The predicted molar refractivity (Wildman–Crippen MR) is 85.4 cm³/mol. The Morgan fingerprint density at radius 3 is 3.00 bits per heavy atom. The zero-order valence-corrected chi connectivity index (χ0v) is 12.2. The first kappa shape index (κ1) is 14.6. The van der Waals surface area contributed by atoms with Crippen molar-refractivity contribution < 1.29 is 9.53 Å². The first-order valence-corrected chi connectivity index (χ1v) is 7.04. The molecular weight excluding hydrogens is 292 g/mol. The number of fused-ring (bicyclic) bond motifs is 1. The van der Waals surface area contributed by atoms with Crippen molar-refractivity contribution in [3.63, 3.8) is 0 Å². The Morgan fingerprint density at radius 2 is 2.13 bits per heavy atom. The first-order valence-electron chi connectivity index (χ1n) is 7.04. The number of hydrogen-bond donors (Lipinski definition) is 2. The van der Waals surface area contributed by atoms with Crippen LogP contribution in [0.2, 0.25) is 0 Å². The minimum atomic E-state index is -0.495. The molecule has 0 aliphatic rings. The number of benzene rings is 1. The highest BCUT2D eigenvalue weighted by Gasteiger charge is 2.00. The van der Waals surface area contributed by atoms with Gasteiger partial charge in [-0.3, -0.25) is 10.1 Å². The number of hydrogen-bond acceptors (Lipinski definition) is 4. The lowest BCUT2D eigenvalue weighted by molar-refractivity contribution is 0.141. The molecule has 0 radical (unpaired) electrons. The molecule has 2 heterocycles. The Hall–Kier alpha value is -3.33. The monoisotopic (exact) mass is 306 g/mol. The Morgan fingerprint density at radius 1 is 1.26 bits per heavy atom. The standard InChI is InChI=1S/C17H14N4O2/c22-17(23-12-13-5-2-1-3-6-13)18-8-4-7-14-9-15-16(19-10-14)11-20-21-15/h1-3,5-6,9-11H,8,12H2,(H,18,22)(H,20,21). The van der Waals surface area contributed by atoms with Crippen molar-refractivity contribution in [2.75, 3.05) is 6.54 Å². The van der Waals surface area contributed by atoms with Gasteiger partial charge in [-0.25, -0.2) is 4.79 Å². The summed E-state index contributed by atoms with van der Waals surface area (Å²) < 4.78 is 5.08. The molecule has 0 unspecified atom stereocenters. The van der Waals surface area contributed by atoms with Crippen molar-refractivity contribution in [1.29, 1.82) is 0 Å². The summed E-state index contributed by atoms with van der Waals surface area (Å²) in [6.45, 7) is 0.440. The Labute approximate surface area is 132 Å². The second kappa shape index (κ2) is 7.09. The number of pyridine rings is 1. The smallest absolute Gasteiger partial charge is 0.408 e. The molecular formula is C17H14N4O2. The zero-order chi connectivity index (χ0) is 15.9. The maximum absolute atomic E-state index is 11.5. The number of aromatic amines is 1. The predicted octanol–water partition coefficient (Wildman–Crippen LogP) is 2.24. The summed E-state index contributed by atoms with van der Waals surface area (Å²) >= 11 is 0. The molecule has 0 saturated heterocycles. The Balaban J connectivity index is 1.46. The summed E-state index contributed by atoms with van der Waals surface area (Å²) in [6.07, 6.45) is 2.82. The molecule has 1 aromatic carbocycles. The third-order valence-corrected chi connectivity index (χ3v) is 3.06. The van der Waals surface area contributed by atoms with E-state index in [1.54, 1.807) is 12.4 Å². The van der Waals surface area contributed by atoms with Gasteiger partial charge in [0.05, 0.1) is 18.3 Å². The number of carbonyl (C=O) groups is 1. The van der Waals surface area contributed by atoms with Crippen LogP contribution in [0, 0.1) is 11.8 Å². The fourth-order valence-corrected chi connectivity index (χ4v) is 1.94. The quantitative estimate of drug-likeness (QED) is 0.727. The van der Waals surface area contributed by atoms with E-state index in [1.165, 1.54) is 0 Å². The highest BCUT2D eigenvalue weighted by atomic mass is 16.5. The summed E-state index contributed by atoms with van der Waals surface area (Å²) in [5, 5.41) is 9.31. The van der Waals surface area contributed by atoms with E-state index in [2.05, 4.69) is 32.3 Å². The van der Waals surface area contributed by atoms with Crippen LogP contribution in [0.3, 0.4) is 0 Å². The summed E-state index contributed by atoms with van der Waals surface area (Å²) in [4.78, 5) is 15.8. The SMILES string of the molecule is O=C(NCC#Cc1cnc2cn[nH]c2c1)OCc1ccccc1. The van der Waals surface area contributed by atoms with Gasteiger partial charge in [0.2, 0.25) is 0 Å². The van der Waals surface area contributed by atoms with Gasteiger partial charge in [-0.05, 0) is 11.6 Å². The van der Waals surface area contributed by atoms with E-state index >= 15 is 0 Å². The average molecular weight is 306 g/mol. The average Bonchev–Trinajstić information content (AvgIpc) is 3.05. The van der Waals surface area contributed by atoms with Crippen LogP contribution in [0.5, 0.6) is 0 Å². The minimum Gasteiger partial charge on any atom is -0.445 e. The molecule has 2 N–H and O–H groups in total. The highest BCUT2D eigenvalue weighted by molar-refractivity contribution is 5.74. The largest absolute Gasteiger partial charge is 0.445 e. The number of aromatic nitrogens is 3. The molecule has 23 heavy (non-hydrogen) atoms. The number of alkyl carbamates (subject to hydrolysis) is 1. The molecule has 6 heteroatoms. The number of ether oxygens (including phenoxy) is 1. The molecule has 3 aromatic rings. The lowest BCUT2D eigenvalue weighted by atomic mass is 10.2. The van der Waals surface area contributed by atoms with Crippen LogP contribution in [-0.2, 0) is 11.3 Å². The topological polar surface area (TPSA) is 79.9 Å². The number of rotatable bonds is 3. The molecule has 0 aliphatic carbocycles. The van der Waals surface area contributed by atoms with Gasteiger partial charge in [0.15, 0.2) is 0 Å². The van der Waals surface area contributed by atoms with Gasteiger partial charge in [0, 0.05) is 11.8 Å². The first-order chi connectivity index (χ1) is 11.3. The van der Waals surface area contributed by atoms with Crippen LogP contribution in [0.4, 0.5) is 4.79 Å². The van der Waals surface area contributed by atoms with Crippen LogP contribution >= 0.6 is 0 Å². The molecule has 0 atom stereocenters. The third kappa shape index (κ3) is 4.08. The summed E-state index contributed by atoms with van der Waals surface area (Å²) in [7, 11) is 0. The van der Waals surface area contributed by atoms with E-state index in [0.717, 1.165) is 22.2 Å². The normalized spacial score (nSPS) is 9.91. The Bertz CT molecular complexity index is 862. The lowest BCUT2D eigenvalue weighted by Crippen LogP contribution is -2.24. The van der Waals surface area contributed by atoms with Gasteiger partial charge in [-0.1, -0.05) is 42.2 Å². The second-order valence-corrected chi connectivity index (χ2v) is 4.74. The van der Waals surface area contributed by atoms with Crippen molar-refractivity contribution >= 4 is 17.1 Å². The molecule has 0 spiro atoms. The van der Waals surface area contributed by atoms with Crippen molar-refractivity contribution in [1.82, 2.24) is 20.5 Å². The van der Waals surface area contributed by atoms with E-state index in [-0.39, 0.29) is 13.2 Å². The van der Waals surface area contributed by atoms with Gasteiger partial charge >= 0.3 is 6.09 Å². The van der Waals surface area contributed by atoms with E-state index in [4.69, 9.17) is 4.74 Å². The van der Waals surface area contributed by atoms with Crippen LogP contribution in [-0.4, -0.2) is 27.8 Å². The maximum atomic E-state index is 11.5. The number of nitrogens with one attached hydrogen (secondary N) is 2. The highest BCUT2D eigenvalue weighted by Crippen LogP contribution is 2.08. The number of carbonyl (C=O) groups excluding carboxylic acids is 1. The zero-order valence-electron chi connectivity index (χ0n) is 12.2. The molecule has 1 amide bonds. The van der Waals surface area contributed by atoms with E-state index in [1.807, 2.05) is 36.4 Å². The number of nitrogens with zero attached hydrogens (tertiary/aromatic N) is 2. The summed E-state index contributed by atoms with van der Waals surface area (Å²) in [5.41, 5.74) is 3.30. The molecule has 0 fully saturated rings. The minimum absolute atomic E-state index is 0.203. The number of H-pyrrole nitrogens is 1. The van der Waals surface area contributed by atoms with E-state index < -0.39 is 6.09 Å². The van der Waals surface area contributed by atoms with Crippen molar-refractivity contribution in [2.24, 2.45) is 0 Å². The van der Waals surface area contributed by atoms with Crippen LogP contribution in [0.15, 0.2) is 48.8 Å². The molecule has 0 aliphatic heterocycles. The lowest BCUT2D eigenvalue weighted by Gasteiger charge is -2.04. The van der Waals surface area contributed by atoms with Gasteiger partial charge in [0.1, 0.15) is 12.1 Å². The molecule has 114 valence electrons. The van der Waals surface area contributed by atoms with Crippen molar-refractivity contribution in [3.05, 3.63) is 59.9 Å². The molecule has 0 saturated carbocycles. The van der Waals surface area contributed by atoms with Crippen LogP contribution in [0.25, 0.3) is 11.0 Å². The van der Waals surface area contributed by atoms with Gasteiger partial charge in [-0.15, -0.1) is 0 Å². The molecule has 0 bridgehead atoms. The van der Waals surface area contributed by atoms with Gasteiger partial charge in [-0.2, -0.15) is 5.10 Å². The third-order valence-electron chi connectivity index (χ3n) is 3.06. The fraction of sp³-hybridized carbons (Fsp3) is 0.118. The van der Waals surface area contributed by atoms with E-state index in [9.17, 15) is 4.79 Å². The summed E-state index contributed by atoms with van der Waals surface area (Å²) in [6, 6.07) is 11.3. The summed E-state index contributed by atoms with van der Waals surface area (Å²) in [5.74, 6) is 5.78. The molecule has 2 aromatic heterocycles.